The van der Waals surface area contributed by atoms with Gasteiger partial charge in [0.25, 0.3) is 0 Å². The van der Waals surface area contributed by atoms with Crippen LogP contribution in [0.25, 0.3) is 0 Å². The second-order valence-corrected chi connectivity index (χ2v) is 2.83. The molecule has 15 heavy (non-hydrogen) atoms. The lowest BCUT2D eigenvalue weighted by Gasteiger charge is -1.96. The van der Waals surface area contributed by atoms with Gasteiger partial charge in [-0.3, -0.25) is 4.79 Å². The van der Waals surface area contributed by atoms with Gasteiger partial charge in [0.05, 0.1) is 13.7 Å². The highest BCUT2D eigenvalue weighted by atomic mass is 16.6. The maximum Gasteiger partial charge on any atom is 0.494 e. The fraction of sp³-hybridized carbons (Fsp3) is 0.571. The minimum Gasteiger partial charge on any atom is -0.454 e. The van der Waals surface area contributed by atoms with Crippen molar-refractivity contribution in [2.45, 2.75) is 19.9 Å². The van der Waals surface area contributed by atoms with E-state index in [1.807, 2.05) is 0 Å². The fourth-order valence-electron chi connectivity index (χ4n) is 0.954. The average molecular weight is 214 g/mol. The molecule has 8 nitrogen and oxygen atoms in total. The van der Waals surface area contributed by atoms with E-state index < -0.39 is 10.9 Å². The standard InChI is InChI=1S/C7H10N4O4/c1-5(12)3-4-10-7(15-2)8-6(9-10)11(13)14/h3-4H2,1-2H3. The Morgan fingerprint density at radius 2 is 2.33 bits per heavy atom. The van der Waals surface area contributed by atoms with Crippen LogP contribution in [0.4, 0.5) is 5.95 Å². The third-order valence-corrected chi connectivity index (χ3v) is 1.65. The van der Waals surface area contributed by atoms with Crippen molar-refractivity contribution in [3.63, 3.8) is 0 Å². The lowest BCUT2D eigenvalue weighted by Crippen LogP contribution is -2.06. The molecule has 0 atom stereocenters. The topological polar surface area (TPSA) is 100 Å². The fourth-order valence-corrected chi connectivity index (χ4v) is 0.954. The van der Waals surface area contributed by atoms with Crippen molar-refractivity contribution >= 4 is 11.7 Å². The first kappa shape index (κ1) is 11.1. The molecule has 1 aromatic rings. The average Bonchev–Trinajstić information content (AvgIpc) is 2.57. The molecule has 0 aromatic carbocycles. The molecule has 8 heteroatoms. The Labute approximate surface area is 85.0 Å². The second kappa shape index (κ2) is 4.49. The van der Waals surface area contributed by atoms with E-state index in [1.165, 1.54) is 18.7 Å². The molecule has 0 aliphatic carbocycles. The minimum absolute atomic E-state index is 0.0305. The summed E-state index contributed by atoms with van der Waals surface area (Å²) in [6.07, 6.45) is 0.233. The number of nitrogens with zero attached hydrogens (tertiary/aromatic N) is 4. The zero-order chi connectivity index (χ0) is 11.4. The van der Waals surface area contributed by atoms with Gasteiger partial charge >= 0.3 is 12.0 Å². The third-order valence-electron chi connectivity index (χ3n) is 1.65. The van der Waals surface area contributed by atoms with Gasteiger partial charge in [-0.1, -0.05) is 0 Å². The van der Waals surface area contributed by atoms with Crippen molar-refractivity contribution in [1.82, 2.24) is 14.8 Å². The number of hydrogen-bond acceptors (Lipinski definition) is 6. The van der Waals surface area contributed by atoms with Crippen LogP contribution in [0, 0.1) is 10.1 Å². The smallest absolute Gasteiger partial charge is 0.454 e. The Hall–Kier alpha value is -1.99. The minimum atomic E-state index is -0.715. The van der Waals surface area contributed by atoms with Gasteiger partial charge in [-0.05, 0) is 16.8 Å². The number of carbonyl (C=O) groups excluding carboxylic acids is 1. The van der Waals surface area contributed by atoms with Crippen LogP contribution >= 0.6 is 0 Å². The number of ketones is 1. The van der Waals surface area contributed by atoms with E-state index in [0.717, 1.165) is 0 Å². The van der Waals surface area contributed by atoms with Crippen molar-refractivity contribution in [3.05, 3.63) is 10.1 Å². The summed E-state index contributed by atoms with van der Waals surface area (Å²) in [5, 5.41) is 13.9. The predicted molar refractivity (Wildman–Crippen MR) is 48.5 cm³/mol. The monoisotopic (exact) mass is 214 g/mol. The quantitative estimate of drug-likeness (QED) is 0.511. The number of aryl methyl sites for hydroxylation is 1. The largest absolute Gasteiger partial charge is 0.494 e. The van der Waals surface area contributed by atoms with Crippen LogP contribution in [-0.4, -0.2) is 32.6 Å². The van der Waals surface area contributed by atoms with Gasteiger partial charge in [-0.15, -0.1) is 4.68 Å². The maximum atomic E-state index is 10.7. The van der Waals surface area contributed by atoms with Crippen LogP contribution in [0.1, 0.15) is 13.3 Å². The van der Waals surface area contributed by atoms with Gasteiger partial charge in [0.2, 0.25) is 0 Å². The van der Waals surface area contributed by atoms with E-state index >= 15 is 0 Å². The summed E-state index contributed by atoms with van der Waals surface area (Å²) >= 11 is 0. The molecule has 0 amide bonds. The highest BCUT2D eigenvalue weighted by Crippen LogP contribution is 2.12. The van der Waals surface area contributed by atoms with E-state index in [1.54, 1.807) is 0 Å². The van der Waals surface area contributed by atoms with E-state index in [-0.39, 0.29) is 24.8 Å². The third kappa shape index (κ3) is 2.73. The second-order valence-electron chi connectivity index (χ2n) is 2.83. The van der Waals surface area contributed by atoms with Crippen LogP contribution in [0.15, 0.2) is 0 Å². The summed E-state index contributed by atoms with van der Waals surface area (Å²) in [4.78, 5) is 23.9. The van der Waals surface area contributed by atoms with Gasteiger partial charge in [0, 0.05) is 11.5 Å². The molecule has 1 rings (SSSR count). The number of Topliss-reactive ketones (excluding diaryl/α,β-unsaturated/α-hetero) is 1. The Balaban J connectivity index is 2.85. The number of rotatable bonds is 5. The lowest BCUT2D eigenvalue weighted by atomic mass is 10.3. The van der Waals surface area contributed by atoms with Crippen LogP contribution in [0.2, 0.25) is 0 Å². The summed E-state index contributed by atoms with van der Waals surface area (Å²) in [6.45, 7) is 1.65. The molecule has 1 heterocycles. The molecule has 0 unspecified atom stereocenters. The normalized spacial score (nSPS) is 10.0. The maximum absolute atomic E-state index is 10.7. The van der Waals surface area contributed by atoms with E-state index in [0.29, 0.717) is 0 Å². The van der Waals surface area contributed by atoms with Crippen molar-refractivity contribution in [2.24, 2.45) is 0 Å². The first-order valence-corrected chi connectivity index (χ1v) is 4.17. The number of methoxy groups -OCH3 is 1. The van der Waals surface area contributed by atoms with Gasteiger partial charge in [0.1, 0.15) is 5.78 Å². The Kier molecular flexibility index (Phi) is 3.32. The van der Waals surface area contributed by atoms with Crippen LogP contribution < -0.4 is 4.74 Å². The number of nitro groups is 1. The van der Waals surface area contributed by atoms with E-state index in [9.17, 15) is 14.9 Å². The number of carbonyl (C=O) groups is 1. The molecule has 0 aliphatic heterocycles. The Bertz CT molecular complexity index is 386. The van der Waals surface area contributed by atoms with E-state index in [4.69, 9.17) is 4.74 Å². The molecule has 0 fully saturated rings. The van der Waals surface area contributed by atoms with Crippen molar-refractivity contribution in [2.75, 3.05) is 7.11 Å². The zero-order valence-electron chi connectivity index (χ0n) is 8.34. The molecular formula is C7H10N4O4. The Morgan fingerprint density at radius 1 is 1.67 bits per heavy atom. The summed E-state index contributed by atoms with van der Waals surface area (Å²) in [6, 6.07) is 0.0305. The zero-order valence-corrected chi connectivity index (χ0v) is 8.34. The highest BCUT2D eigenvalue weighted by Gasteiger charge is 2.21. The summed E-state index contributed by atoms with van der Waals surface area (Å²) in [7, 11) is 1.33. The molecule has 82 valence electrons. The molecule has 0 saturated heterocycles. The molecule has 0 bridgehead atoms. The first-order valence-electron chi connectivity index (χ1n) is 4.17. The Morgan fingerprint density at radius 3 is 2.80 bits per heavy atom. The molecule has 0 saturated carbocycles. The van der Waals surface area contributed by atoms with Crippen LogP contribution in [0.3, 0.4) is 0 Å². The van der Waals surface area contributed by atoms with E-state index in [2.05, 4.69) is 10.1 Å². The van der Waals surface area contributed by atoms with Crippen LogP contribution in [0.5, 0.6) is 6.01 Å². The SMILES string of the molecule is COc1nc([N+](=O)[O-])nn1CCC(C)=O. The molecule has 0 spiro atoms. The van der Waals surface area contributed by atoms with Crippen LogP contribution in [-0.2, 0) is 11.3 Å². The lowest BCUT2D eigenvalue weighted by molar-refractivity contribution is -0.394. The number of hydrogen-bond donors (Lipinski definition) is 0. The number of ether oxygens (including phenoxy) is 1. The first-order chi connectivity index (χ1) is 7.04. The summed E-state index contributed by atoms with van der Waals surface area (Å²) < 4.78 is 5.98. The van der Waals surface area contributed by atoms with Gasteiger partial charge in [0.15, 0.2) is 0 Å². The molecular weight excluding hydrogens is 204 g/mol. The van der Waals surface area contributed by atoms with Gasteiger partial charge in [-0.2, -0.15) is 0 Å². The van der Waals surface area contributed by atoms with Crippen molar-refractivity contribution in [3.8, 4) is 6.01 Å². The van der Waals surface area contributed by atoms with Gasteiger partial charge < -0.3 is 14.9 Å². The predicted octanol–water partition coefficient (Wildman–Crippen LogP) is 0.174. The summed E-state index contributed by atoms with van der Waals surface area (Å²) in [5.74, 6) is -0.564. The molecule has 0 N–H and O–H groups in total. The molecule has 1 aromatic heterocycles. The summed E-state index contributed by atoms with van der Waals surface area (Å²) in [5.41, 5.74) is 0. The highest BCUT2D eigenvalue weighted by molar-refractivity contribution is 5.75. The molecule has 0 radical (unpaired) electrons. The van der Waals surface area contributed by atoms with Crippen molar-refractivity contribution in [1.29, 1.82) is 0 Å². The van der Waals surface area contributed by atoms with Crippen molar-refractivity contribution < 1.29 is 14.5 Å². The number of aromatic nitrogens is 3. The molecule has 0 aliphatic rings. The van der Waals surface area contributed by atoms with Gasteiger partial charge in [-0.25, -0.2) is 0 Å².